The number of rotatable bonds is 8. The zero-order valence-electron chi connectivity index (χ0n) is 12.4. The van der Waals surface area contributed by atoms with Gasteiger partial charge in [-0.1, -0.05) is 0 Å². The van der Waals surface area contributed by atoms with Gasteiger partial charge >= 0.3 is 0 Å². The van der Waals surface area contributed by atoms with Crippen LogP contribution in [0.2, 0.25) is 0 Å². The summed E-state index contributed by atoms with van der Waals surface area (Å²) in [6.45, 7) is 5.00. The molecule has 5 nitrogen and oxygen atoms in total. The number of hydrogen-bond donors (Lipinski definition) is 2. The van der Waals surface area contributed by atoms with Crippen LogP contribution in [0.3, 0.4) is 0 Å². The number of amides is 1. The number of ether oxygens (including phenoxy) is 2. The van der Waals surface area contributed by atoms with Crippen LogP contribution in [-0.2, 0) is 14.3 Å². The molecule has 0 bridgehead atoms. The molecule has 1 amide bonds. The van der Waals surface area contributed by atoms with Gasteiger partial charge < -0.3 is 20.1 Å². The highest BCUT2D eigenvalue weighted by Crippen LogP contribution is 2.13. The van der Waals surface area contributed by atoms with E-state index < -0.39 is 0 Å². The Balaban J connectivity index is 1.41. The summed E-state index contributed by atoms with van der Waals surface area (Å²) in [6, 6.07) is 0. The number of piperidine rings is 1. The van der Waals surface area contributed by atoms with Crippen LogP contribution in [0.5, 0.6) is 0 Å². The Morgan fingerprint density at radius 1 is 1.35 bits per heavy atom. The van der Waals surface area contributed by atoms with Crippen molar-refractivity contribution < 1.29 is 14.3 Å². The van der Waals surface area contributed by atoms with Gasteiger partial charge in [-0.3, -0.25) is 4.79 Å². The van der Waals surface area contributed by atoms with Gasteiger partial charge in [-0.15, -0.1) is 0 Å². The van der Waals surface area contributed by atoms with E-state index in [0.29, 0.717) is 19.6 Å². The summed E-state index contributed by atoms with van der Waals surface area (Å²) in [5.41, 5.74) is 0. The fraction of sp³-hybridized carbons (Fsp3) is 0.933. The molecule has 2 aliphatic heterocycles. The van der Waals surface area contributed by atoms with Gasteiger partial charge in [0.2, 0.25) is 5.91 Å². The largest absolute Gasteiger partial charge is 0.378 e. The second-order valence-corrected chi connectivity index (χ2v) is 5.81. The fourth-order valence-corrected chi connectivity index (χ4v) is 2.83. The molecular formula is C15H28N2O3. The first-order valence-electron chi connectivity index (χ1n) is 8.01. The lowest BCUT2D eigenvalue weighted by Gasteiger charge is -2.22. The lowest BCUT2D eigenvalue weighted by Crippen LogP contribution is -2.33. The third-order valence-corrected chi connectivity index (χ3v) is 4.07. The minimum absolute atomic E-state index is 0.0982. The molecule has 0 aromatic heterocycles. The van der Waals surface area contributed by atoms with Crippen molar-refractivity contribution in [1.82, 2.24) is 10.6 Å². The summed E-state index contributed by atoms with van der Waals surface area (Å²) >= 11 is 0. The quantitative estimate of drug-likeness (QED) is 0.655. The van der Waals surface area contributed by atoms with E-state index in [-0.39, 0.29) is 12.0 Å². The van der Waals surface area contributed by atoms with Gasteiger partial charge in [0.1, 0.15) is 0 Å². The summed E-state index contributed by atoms with van der Waals surface area (Å²) < 4.78 is 10.9. The first kappa shape index (κ1) is 15.7. The van der Waals surface area contributed by atoms with Crippen LogP contribution in [0.25, 0.3) is 0 Å². The Bertz CT molecular complexity index is 274. The summed E-state index contributed by atoms with van der Waals surface area (Å²) in [4.78, 5) is 11.6. The van der Waals surface area contributed by atoms with Crippen molar-refractivity contribution >= 4 is 5.91 Å². The highest BCUT2D eigenvalue weighted by Gasteiger charge is 2.15. The van der Waals surface area contributed by atoms with E-state index in [2.05, 4.69) is 10.6 Å². The molecule has 2 N–H and O–H groups in total. The van der Waals surface area contributed by atoms with Gasteiger partial charge in [-0.2, -0.15) is 0 Å². The molecule has 0 aromatic carbocycles. The maximum absolute atomic E-state index is 11.6. The maximum Gasteiger partial charge on any atom is 0.222 e. The van der Waals surface area contributed by atoms with E-state index in [1.165, 1.54) is 12.8 Å². The molecule has 5 heteroatoms. The van der Waals surface area contributed by atoms with Gasteiger partial charge in [0.25, 0.3) is 0 Å². The van der Waals surface area contributed by atoms with Crippen LogP contribution >= 0.6 is 0 Å². The van der Waals surface area contributed by atoms with E-state index in [1.807, 2.05) is 0 Å². The molecule has 2 fully saturated rings. The smallest absolute Gasteiger partial charge is 0.222 e. The van der Waals surface area contributed by atoms with Crippen molar-refractivity contribution in [3.05, 3.63) is 0 Å². The lowest BCUT2D eigenvalue weighted by molar-refractivity contribution is -0.122. The number of carbonyl (C=O) groups is 1. The molecule has 2 rings (SSSR count). The second-order valence-electron chi connectivity index (χ2n) is 5.81. The normalized spacial score (nSPS) is 26.6. The van der Waals surface area contributed by atoms with Crippen LogP contribution in [0.4, 0.5) is 0 Å². The third-order valence-electron chi connectivity index (χ3n) is 4.07. The number of nitrogens with one attached hydrogen (secondary N) is 2. The lowest BCUT2D eigenvalue weighted by atomic mass is 9.96. The summed E-state index contributed by atoms with van der Waals surface area (Å²) in [5, 5.41) is 6.38. The minimum atomic E-state index is 0.0982. The highest BCUT2D eigenvalue weighted by atomic mass is 16.5. The Labute approximate surface area is 121 Å². The minimum Gasteiger partial charge on any atom is -0.378 e. The molecule has 2 heterocycles. The van der Waals surface area contributed by atoms with Gasteiger partial charge in [0.15, 0.2) is 0 Å². The van der Waals surface area contributed by atoms with Crippen molar-refractivity contribution in [2.75, 3.05) is 39.5 Å². The monoisotopic (exact) mass is 284 g/mol. The SMILES string of the molecule is O=C(CCOCC1CCCO1)NCCC1CCCNC1. The summed E-state index contributed by atoms with van der Waals surface area (Å²) in [5.74, 6) is 0.820. The Morgan fingerprint density at radius 3 is 3.05 bits per heavy atom. The molecule has 0 radical (unpaired) electrons. The van der Waals surface area contributed by atoms with Gasteiger partial charge in [0, 0.05) is 19.6 Å². The summed E-state index contributed by atoms with van der Waals surface area (Å²) in [6.07, 6.45) is 6.54. The first-order valence-corrected chi connectivity index (χ1v) is 8.01. The molecule has 2 unspecified atom stereocenters. The standard InChI is InChI=1S/C15H28N2O3/c18-15(6-10-19-12-14-4-2-9-20-14)17-8-5-13-3-1-7-16-11-13/h13-14,16H,1-12H2,(H,17,18). The van der Waals surface area contributed by atoms with E-state index in [0.717, 1.165) is 51.4 Å². The van der Waals surface area contributed by atoms with Crippen LogP contribution in [0.15, 0.2) is 0 Å². The van der Waals surface area contributed by atoms with Crippen LogP contribution < -0.4 is 10.6 Å². The van der Waals surface area contributed by atoms with Gasteiger partial charge in [-0.05, 0) is 51.1 Å². The molecule has 0 aromatic rings. The number of carbonyl (C=O) groups excluding carboxylic acids is 1. The van der Waals surface area contributed by atoms with E-state index in [9.17, 15) is 4.79 Å². The molecule has 116 valence electrons. The van der Waals surface area contributed by atoms with Crippen molar-refractivity contribution in [3.63, 3.8) is 0 Å². The van der Waals surface area contributed by atoms with Gasteiger partial charge in [0.05, 0.1) is 19.3 Å². The van der Waals surface area contributed by atoms with E-state index in [4.69, 9.17) is 9.47 Å². The Morgan fingerprint density at radius 2 is 2.30 bits per heavy atom. The van der Waals surface area contributed by atoms with E-state index >= 15 is 0 Å². The predicted molar refractivity (Wildman–Crippen MR) is 77.6 cm³/mol. The van der Waals surface area contributed by atoms with E-state index in [1.54, 1.807) is 0 Å². The van der Waals surface area contributed by atoms with Crippen LogP contribution in [0.1, 0.15) is 38.5 Å². The topological polar surface area (TPSA) is 59.6 Å². The van der Waals surface area contributed by atoms with Crippen molar-refractivity contribution in [1.29, 1.82) is 0 Å². The highest BCUT2D eigenvalue weighted by molar-refractivity contribution is 5.75. The molecule has 0 spiro atoms. The second kappa shape index (κ2) is 9.32. The van der Waals surface area contributed by atoms with Crippen molar-refractivity contribution in [2.24, 2.45) is 5.92 Å². The van der Waals surface area contributed by atoms with Crippen LogP contribution in [-0.4, -0.2) is 51.5 Å². The molecule has 2 saturated heterocycles. The average Bonchev–Trinajstić information content (AvgIpc) is 2.98. The first-order chi connectivity index (χ1) is 9.84. The van der Waals surface area contributed by atoms with Crippen molar-refractivity contribution in [2.45, 2.75) is 44.6 Å². The molecule has 0 saturated carbocycles. The molecule has 20 heavy (non-hydrogen) atoms. The predicted octanol–water partition coefficient (Wildman–Crippen LogP) is 1.08. The molecule has 0 aliphatic carbocycles. The Hall–Kier alpha value is -0.650. The number of hydrogen-bond acceptors (Lipinski definition) is 4. The average molecular weight is 284 g/mol. The molecule has 2 atom stereocenters. The fourth-order valence-electron chi connectivity index (χ4n) is 2.83. The van der Waals surface area contributed by atoms with Crippen LogP contribution in [0, 0.1) is 5.92 Å². The third kappa shape index (κ3) is 6.20. The zero-order valence-corrected chi connectivity index (χ0v) is 12.4. The van der Waals surface area contributed by atoms with Crippen molar-refractivity contribution in [3.8, 4) is 0 Å². The zero-order chi connectivity index (χ0) is 14.0. The molecule has 2 aliphatic rings. The molecular weight excluding hydrogens is 256 g/mol. The maximum atomic E-state index is 11.6. The Kier molecular flexibility index (Phi) is 7.33. The summed E-state index contributed by atoms with van der Waals surface area (Å²) in [7, 11) is 0. The van der Waals surface area contributed by atoms with Gasteiger partial charge in [-0.25, -0.2) is 0 Å².